The Bertz CT molecular complexity index is 539. The Morgan fingerprint density at radius 1 is 0.556 bits per heavy atom. The van der Waals surface area contributed by atoms with Crippen LogP contribution < -0.4 is 5.73 Å². The molecule has 0 atom stereocenters. The first-order valence-corrected chi connectivity index (χ1v) is 14.5. The zero-order valence-electron chi connectivity index (χ0n) is 17.8. The summed E-state index contributed by atoms with van der Waals surface area (Å²) in [6.07, 6.45) is 19.9. The largest absolute Gasteiger partial charge is 0.300 e. The predicted octanol–water partition coefficient (Wildman–Crippen LogP) is 4.95. The van der Waals surface area contributed by atoms with Crippen molar-refractivity contribution in [3.63, 3.8) is 0 Å². The van der Waals surface area contributed by atoms with E-state index in [-0.39, 0.29) is 6.42 Å². The van der Waals surface area contributed by atoms with Gasteiger partial charge in [0.2, 0.25) is 4.20 Å². The van der Waals surface area contributed by atoms with E-state index in [0.29, 0.717) is 6.42 Å². The van der Waals surface area contributed by atoms with E-state index in [1.807, 2.05) is 0 Å². The Balaban J connectivity index is 3.65. The van der Waals surface area contributed by atoms with E-state index in [1.54, 1.807) is 0 Å². The van der Waals surface area contributed by atoms with Crippen LogP contribution in [0.5, 0.6) is 0 Å². The normalized spacial score (nSPS) is 13.2. The summed E-state index contributed by atoms with van der Waals surface area (Å²) in [5, 5.41) is 0. The average molecular weight is 426 g/mol. The van der Waals surface area contributed by atoms with Gasteiger partial charge in [-0.1, -0.05) is 96.8 Å². The van der Waals surface area contributed by atoms with Crippen molar-refractivity contribution in [1.29, 1.82) is 0 Å². The molecule has 0 aromatic rings. The lowest BCUT2D eigenvalue weighted by molar-refractivity contribution is 0.504. The van der Waals surface area contributed by atoms with Crippen LogP contribution in [-0.4, -0.2) is 33.6 Å². The first kappa shape index (κ1) is 26.9. The quantitative estimate of drug-likeness (QED) is 0.314. The molecule has 0 rings (SSSR count). The second-order valence-electron chi connectivity index (χ2n) is 8.06. The molecule has 0 aromatic carbocycles. The van der Waals surface area contributed by atoms with Crippen molar-refractivity contribution in [2.45, 2.75) is 114 Å². The van der Waals surface area contributed by atoms with Crippen molar-refractivity contribution in [3.05, 3.63) is 0 Å². The minimum Gasteiger partial charge on any atom is -0.300 e. The first-order valence-electron chi connectivity index (χ1n) is 10.7. The van der Waals surface area contributed by atoms with E-state index in [2.05, 4.69) is 6.92 Å². The van der Waals surface area contributed by atoms with Crippen LogP contribution in [0.25, 0.3) is 0 Å². The van der Waals surface area contributed by atoms with E-state index >= 15 is 0 Å². The highest BCUT2D eigenvalue weighted by Crippen LogP contribution is 2.25. The van der Waals surface area contributed by atoms with Gasteiger partial charge in [-0.3, -0.25) is 5.73 Å². The molecule has 0 aliphatic rings. The van der Waals surface area contributed by atoms with Crippen LogP contribution in [-0.2, 0) is 19.7 Å². The van der Waals surface area contributed by atoms with E-state index < -0.39 is 23.9 Å². The summed E-state index contributed by atoms with van der Waals surface area (Å²) in [5.41, 5.74) is 5.73. The van der Waals surface area contributed by atoms with Gasteiger partial charge in [-0.15, -0.1) is 0 Å². The second-order valence-corrected chi connectivity index (χ2v) is 12.9. The molecule has 0 unspecified atom stereocenters. The van der Waals surface area contributed by atoms with Crippen LogP contribution in [0.15, 0.2) is 0 Å². The summed E-state index contributed by atoms with van der Waals surface area (Å²) in [6.45, 7) is 2.25. The Hall–Kier alpha value is -0.140. The Kier molecular flexibility index (Phi) is 13.9. The molecular weight excluding hydrogens is 382 g/mol. The summed E-state index contributed by atoms with van der Waals surface area (Å²) in [5.74, 6) is 0. The van der Waals surface area contributed by atoms with Crippen molar-refractivity contribution < 1.29 is 16.8 Å². The molecule has 0 fully saturated rings. The van der Waals surface area contributed by atoms with Gasteiger partial charge in [-0.25, -0.2) is 16.8 Å². The van der Waals surface area contributed by atoms with Gasteiger partial charge in [0.25, 0.3) is 0 Å². The maximum absolute atomic E-state index is 11.8. The van der Waals surface area contributed by atoms with E-state index in [0.717, 1.165) is 31.8 Å². The minimum atomic E-state index is -3.85. The lowest BCUT2D eigenvalue weighted by Crippen LogP contribution is -2.53. The molecule has 5 nitrogen and oxygen atoms in total. The van der Waals surface area contributed by atoms with E-state index in [4.69, 9.17) is 5.73 Å². The molecule has 0 saturated heterocycles. The third kappa shape index (κ3) is 11.4. The fourth-order valence-corrected chi connectivity index (χ4v) is 6.62. The number of unbranched alkanes of at least 4 members (excludes halogenated alkanes) is 14. The Labute approximate surface area is 168 Å². The lowest BCUT2D eigenvalue weighted by Gasteiger charge is -2.25. The number of rotatable bonds is 18. The van der Waals surface area contributed by atoms with Gasteiger partial charge in [0.15, 0.2) is 19.7 Å². The molecule has 0 amide bonds. The topological polar surface area (TPSA) is 94.3 Å². The Morgan fingerprint density at radius 2 is 0.815 bits per heavy atom. The summed E-state index contributed by atoms with van der Waals surface area (Å²) in [6, 6.07) is 0. The van der Waals surface area contributed by atoms with Crippen molar-refractivity contribution in [3.8, 4) is 0 Å². The standard InChI is InChI=1S/C20H43NO4S2/c1-4-5-6-7-8-9-10-11-12-13-14-15-16-17-18-19-20(21,26(2,22)23)27(3,24)25/h4-19,21H2,1-3H3. The maximum Gasteiger partial charge on any atom is 0.220 e. The van der Waals surface area contributed by atoms with Crippen LogP contribution in [0, 0.1) is 0 Å². The minimum absolute atomic E-state index is 0.0249. The summed E-state index contributed by atoms with van der Waals surface area (Å²) < 4.78 is 45.0. The van der Waals surface area contributed by atoms with Crippen molar-refractivity contribution >= 4 is 19.7 Å². The van der Waals surface area contributed by atoms with Gasteiger partial charge in [0.05, 0.1) is 0 Å². The number of sulfone groups is 2. The van der Waals surface area contributed by atoms with Crippen LogP contribution in [0.1, 0.15) is 110 Å². The highest BCUT2D eigenvalue weighted by molar-refractivity contribution is 8.09. The molecule has 27 heavy (non-hydrogen) atoms. The van der Waals surface area contributed by atoms with Crippen LogP contribution in [0.2, 0.25) is 0 Å². The van der Waals surface area contributed by atoms with Gasteiger partial charge in [-0.2, -0.15) is 0 Å². The molecule has 7 heteroatoms. The molecule has 0 aliphatic heterocycles. The molecule has 2 N–H and O–H groups in total. The SMILES string of the molecule is CCCCCCCCCCCCCCCCCC(N)(S(C)(=O)=O)S(C)(=O)=O. The summed E-state index contributed by atoms with van der Waals surface area (Å²) >= 11 is 0. The molecule has 164 valence electrons. The average Bonchev–Trinajstić information content (AvgIpc) is 2.56. The number of hydrogen-bond acceptors (Lipinski definition) is 5. The summed E-state index contributed by atoms with van der Waals surface area (Å²) in [4.78, 5) is 0. The van der Waals surface area contributed by atoms with E-state index in [1.165, 1.54) is 70.6 Å². The van der Waals surface area contributed by atoms with Gasteiger partial charge in [0, 0.05) is 12.5 Å². The van der Waals surface area contributed by atoms with Crippen molar-refractivity contribution in [2.75, 3.05) is 12.5 Å². The lowest BCUT2D eigenvalue weighted by atomic mass is 10.0. The van der Waals surface area contributed by atoms with Crippen LogP contribution in [0.3, 0.4) is 0 Å². The zero-order chi connectivity index (χ0) is 20.8. The van der Waals surface area contributed by atoms with Gasteiger partial charge < -0.3 is 0 Å². The fraction of sp³-hybridized carbons (Fsp3) is 1.00. The Morgan fingerprint density at radius 3 is 1.07 bits per heavy atom. The third-order valence-corrected chi connectivity index (χ3v) is 10.1. The molecule has 0 heterocycles. The first-order chi connectivity index (χ1) is 12.6. The van der Waals surface area contributed by atoms with Gasteiger partial charge in [0.1, 0.15) is 0 Å². The molecule has 0 aliphatic carbocycles. The monoisotopic (exact) mass is 425 g/mol. The molecule has 0 bridgehead atoms. The summed E-state index contributed by atoms with van der Waals surface area (Å²) in [7, 11) is -7.70. The van der Waals surface area contributed by atoms with E-state index in [9.17, 15) is 16.8 Å². The maximum atomic E-state index is 11.8. The molecule has 0 spiro atoms. The second kappa shape index (κ2) is 13.9. The molecular formula is C20H43NO4S2. The van der Waals surface area contributed by atoms with Crippen molar-refractivity contribution in [2.24, 2.45) is 5.73 Å². The smallest absolute Gasteiger partial charge is 0.220 e. The fourth-order valence-electron chi connectivity index (χ4n) is 3.39. The number of nitrogens with two attached hydrogens (primary N) is 1. The molecule has 0 aromatic heterocycles. The molecule has 0 radical (unpaired) electrons. The van der Waals surface area contributed by atoms with Crippen molar-refractivity contribution in [1.82, 2.24) is 0 Å². The highest BCUT2D eigenvalue weighted by atomic mass is 32.3. The van der Waals surface area contributed by atoms with Gasteiger partial charge in [-0.05, 0) is 12.8 Å². The number of hydrogen-bond donors (Lipinski definition) is 1. The molecule has 0 saturated carbocycles. The van der Waals surface area contributed by atoms with Crippen LogP contribution >= 0.6 is 0 Å². The van der Waals surface area contributed by atoms with Crippen LogP contribution in [0.4, 0.5) is 0 Å². The third-order valence-electron chi connectivity index (χ3n) is 5.38. The highest BCUT2D eigenvalue weighted by Gasteiger charge is 2.45. The zero-order valence-corrected chi connectivity index (χ0v) is 19.5. The predicted molar refractivity (Wildman–Crippen MR) is 116 cm³/mol. The van der Waals surface area contributed by atoms with Gasteiger partial charge >= 0.3 is 0 Å².